The minimum absolute atomic E-state index is 1.10. The third-order valence-corrected chi connectivity index (χ3v) is 2.44. The van der Waals surface area contributed by atoms with Crippen LogP contribution in [0.25, 0.3) is 0 Å². The third kappa shape index (κ3) is 1.79. The van der Waals surface area contributed by atoms with E-state index in [4.69, 9.17) is 0 Å². The van der Waals surface area contributed by atoms with E-state index < -0.39 is 0 Å². The summed E-state index contributed by atoms with van der Waals surface area (Å²) >= 11 is 0. The van der Waals surface area contributed by atoms with Crippen LogP contribution in [0.3, 0.4) is 0 Å². The van der Waals surface area contributed by atoms with Crippen molar-refractivity contribution >= 4 is 0 Å². The minimum Gasteiger partial charge on any atom is -0.350 e. The fourth-order valence-electron chi connectivity index (χ4n) is 1.76. The van der Waals surface area contributed by atoms with Gasteiger partial charge in [-0.1, -0.05) is 11.6 Å². The van der Waals surface area contributed by atoms with Crippen LogP contribution in [0.2, 0.25) is 0 Å². The molecular formula is C11H15N. The van der Waals surface area contributed by atoms with E-state index in [1.807, 2.05) is 0 Å². The summed E-state index contributed by atoms with van der Waals surface area (Å²) in [6.07, 6.45) is 12.0. The molecule has 1 aliphatic carbocycles. The van der Waals surface area contributed by atoms with Gasteiger partial charge in [0.2, 0.25) is 0 Å². The van der Waals surface area contributed by atoms with Crippen LogP contribution in [0.1, 0.15) is 25.7 Å². The molecule has 0 fully saturated rings. The van der Waals surface area contributed by atoms with Crippen LogP contribution in [0.15, 0.2) is 36.2 Å². The van der Waals surface area contributed by atoms with Gasteiger partial charge in [-0.15, -0.1) is 0 Å². The highest BCUT2D eigenvalue weighted by Crippen LogP contribution is 2.18. The summed E-state index contributed by atoms with van der Waals surface area (Å²) in [6.45, 7) is 1.10. The summed E-state index contributed by atoms with van der Waals surface area (Å²) in [7, 11) is 0. The van der Waals surface area contributed by atoms with Crippen molar-refractivity contribution in [1.29, 1.82) is 0 Å². The Labute approximate surface area is 73.7 Å². The fourth-order valence-corrected chi connectivity index (χ4v) is 1.76. The zero-order valence-corrected chi connectivity index (χ0v) is 7.37. The van der Waals surface area contributed by atoms with Gasteiger partial charge in [0.25, 0.3) is 0 Å². The van der Waals surface area contributed by atoms with E-state index in [1.165, 1.54) is 25.7 Å². The number of hydrogen-bond acceptors (Lipinski definition) is 0. The highest BCUT2D eigenvalue weighted by molar-refractivity contribution is 5.06. The molecule has 0 amide bonds. The molecule has 0 saturated heterocycles. The number of rotatable bonds is 2. The lowest BCUT2D eigenvalue weighted by atomic mass is 10.00. The van der Waals surface area contributed by atoms with Gasteiger partial charge < -0.3 is 4.57 Å². The van der Waals surface area contributed by atoms with Gasteiger partial charge in [-0.25, -0.2) is 0 Å². The second-order valence-corrected chi connectivity index (χ2v) is 3.46. The maximum absolute atomic E-state index is 2.41. The molecule has 0 atom stereocenters. The average molecular weight is 161 g/mol. The topological polar surface area (TPSA) is 4.93 Å². The van der Waals surface area contributed by atoms with E-state index in [1.54, 1.807) is 5.57 Å². The van der Waals surface area contributed by atoms with Crippen molar-refractivity contribution in [1.82, 2.24) is 4.57 Å². The molecule has 1 aromatic rings. The summed E-state index contributed by atoms with van der Waals surface area (Å²) < 4.78 is 2.25. The first-order chi connectivity index (χ1) is 5.95. The quantitative estimate of drug-likeness (QED) is 0.588. The first-order valence-corrected chi connectivity index (χ1v) is 4.74. The van der Waals surface area contributed by atoms with Crippen molar-refractivity contribution in [2.75, 3.05) is 0 Å². The maximum atomic E-state index is 2.41. The largest absolute Gasteiger partial charge is 0.350 e. The van der Waals surface area contributed by atoms with E-state index in [2.05, 4.69) is 35.2 Å². The van der Waals surface area contributed by atoms with Gasteiger partial charge in [0.15, 0.2) is 0 Å². The molecule has 0 N–H and O–H groups in total. The summed E-state index contributed by atoms with van der Waals surface area (Å²) in [5.74, 6) is 0. The maximum Gasteiger partial charge on any atom is 0.0429 e. The molecule has 0 spiro atoms. The Morgan fingerprint density at radius 2 is 2.00 bits per heavy atom. The molecule has 1 nitrogen and oxygen atoms in total. The molecule has 2 rings (SSSR count). The van der Waals surface area contributed by atoms with Crippen LogP contribution < -0.4 is 0 Å². The van der Waals surface area contributed by atoms with Crippen molar-refractivity contribution < 1.29 is 0 Å². The van der Waals surface area contributed by atoms with Crippen molar-refractivity contribution in [2.24, 2.45) is 0 Å². The van der Waals surface area contributed by atoms with Gasteiger partial charge in [-0.2, -0.15) is 0 Å². The van der Waals surface area contributed by atoms with Crippen LogP contribution in [-0.2, 0) is 6.54 Å². The molecule has 0 saturated carbocycles. The first-order valence-electron chi connectivity index (χ1n) is 4.74. The van der Waals surface area contributed by atoms with Gasteiger partial charge in [0, 0.05) is 18.9 Å². The minimum atomic E-state index is 1.10. The van der Waals surface area contributed by atoms with Crippen molar-refractivity contribution in [3.8, 4) is 0 Å². The molecule has 0 aliphatic heterocycles. The van der Waals surface area contributed by atoms with Crippen LogP contribution in [0, 0.1) is 0 Å². The molecule has 0 bridgehead atoms. The Balaban J connectivity index is 1.98. The Bertz CT molecular complexity index is 257. The zero-order chi connectivity index (χ0) is 8.23. The molecule has 1 aromatic heterocycles. The van der Waals surface area contributed by atoms with Crippen LogP contribution in [-0.4, -0.2) is 4.57 Å². The number of hydrogen-bond donors (Lipinski definition) is 0. The molecule has 1 aliphatic rings. The van der Waals surface area contributed by atoms with E-state index in [0.29, 0.717) is 0 Å². The molecular weight excluding hydrogens is 146 g/mol. The van der Waals surface area contributed by atoms with E-state index >= 15 is 0 Å². The lowest BCUT2D eigenvalue weighted by Gasteiger charge is -2.12. The normalized spacial score (nSPS) is 17.5. The first kappa shape index (κ1) is 7.66. The van der Waals surface area contributed by atoms with Gasteiger partial charge >= 0.3 is 0 Å². The second-order valence-electron chi connectivity index (χ2n) is 3.46. The Morgan fingerprint density at radius 1 is 1.17 bits per heavy atom. The van der Waals surface area contributed by atoms with Gasteiger partial charge in [0.05, 0.1) is 0 Å². The number of aromatic nitrogens is 1. The summed E-state index contributed by atoms with van der Waals surface area (Å²) in [4.78, 5) is 0. The molecule has 1 heterocycles. The standard InChI is InChI=1S/C11H15N/c1-2-6-11(7-3-1)10-12-8-4-5-9-12/h4-6,8-9H,1-3,7,10H2. The summed E-state index contributed by atoms with van der Waals surface area (Å²) in [5.41, 5.74) is 1.61. The Hall–Kier alpha value is -0.980. The summed E-state index contributed by atoms with van der Waals surface area (Å²) in [5, 5.41) is 0. The van der Waals surface area contributed by atoms with Crippen LogP contribution in [0.5, 0.6) is 0 Å². The molecule has 0 unspecified atom stereocenters. The van der Waals surface area contributed by atoms with Gasteiger partial charge in [-0.05, 0) is 37.8 Å². The van der Waals surface area contributed by atoms with Gasteiger partial charge in [0.1, 0.15) is 0 Å². The van der Waals surface area contributed by atoms with E-state index in [-0.39, 0.29) is 0 Å². The van der Waals surface area contributed by atoms with E-state index in [9.17, 15) is 0 Å². The van der Waals surface area contributed by atoms with Crippen molar-refractivity contribution in [3.05, 3.63) is 36.2 Å². The molecule has 12 heavy (non-hydrogen) atoms. The third-order valence-electron chi connectivity index (χ3n) is 2.44. The summed E-state index contributed by atoms with van der Waals surface area (Å²) in [6, 6.07) is 4.17. The highest BCUT2D eigenvalue weighted by atomic mass is 14.9. The molecule has 64 valence electrons. The zero-order valence-electron chi connectivity index (χ0n) is 7.37. The number of nitrogens with zero attached hydrogens (tertiary/aromatic N) is 1. The smallest absolute Gasteiger partial charge is 0.0429 e. The lowest BCUT2D eigenvalue weighted by molar-refractivity contribution is 0.646. The second kappa shape index (κ2) is 3.61. The monoisotopic (exact) mass is 161 g/mol. The van der Waals surface area contributed by atoms with Crippen molar-refractivity contribution in [3.63, 3.8) is 0 Å². The average Bonchev–Trinajstić information content (AvgIpc) is 2.59. The number of allylic oxidation sites excluding steroid dienone is 2. The molecule has 1 heteroatoms. The Kier molecular flexibility index (Phi) is 2.31. The molecule has 0 radical (unpaired) electrons. The van der Waals surface area contributed by atoms with Crippen LogP contribution in [0.4, 0.5) is 0 Å². The van der Waals surface area contributed by atoms with Gasteiger partial charge in [-0.3, -0.25) is 0 Å². The lowest BCUT2D eigenvalue weighted by Crippen LogP contribution is -2.01. The Morgan fingerprint density at radius 3 is 2.67 bits per heavy atom. The van der Waals surface area contributed by atoms with Crippen molar-refractivity contribution in [2.45, 2.75) is 32.2 Å². The SMILES string of the molecule is C1=C(Cn2cccc2)CCCC1. The fraction of sp³-hybridized carbons (Fsp3) is 0.455. The van der Waals surface area contributed by atoms with E-state index in [0.717, 1.165) is 6.54 Å². The highest BCUT2D eigenvalue weighted by Gasteiger charge is 2.02. The predicted molar refractivity (Wildman–Crippen MR) is 51.0 cm³/mol. The molecule has 0 aromatic carbocycles. The predicted octanol–water partition coefficient (Wildman–Crippen LogP) is 2.99. The van der Waals surface area contributed by atoms with Crippen LogP contribution >= 0.6 is 0 Å².